The van der Waals surface area contributed by atoms with Crippen molar-refractivity contribution in [2.75, 3.05) is 6.61 Å². The highest BCUT2D eigenvalue weighted by atomic mass is 16.5. The van der Waals surface area contributed by atoms with Crippen molar-refractivity contribution in [3.05, 3.63) is 0 Å². The van der Waals surface area contributed by atoms with E-state index in [4.69, 9.17) is 4.74 Å². The summed E-state index contributed by atoms with van der Waals surface area (Å²) in [4.78, 5) is 22.7. The maximum atomic E-state index is 11.6. The maximum Gasteiger partial charge on any atom is 0.328 e. The van der Waals surface area contributed by atoms with Gasteiger partial charge in [0.25, 0.3) is 0 Å². The van der Waals surface area contributed by atoms with Crippen molar-refractivity contribution < 1.29 is 14.3 Å². The fourth-order valence-electron chi connectivity index (χ4n) is 2.10. The summed E-state index contributed by atoms with van der Waals surface area (Å²) in [5.74, 6) is -0.119. The van der Waals surface area contributed by atoms with Crippen molar-refractivity contribution in [1.29, 1.82) is 0 Å². The average Bonchev–Trinajstić information content (AvgIpc) is 2.77. The first kappa shape index (κ1) is 9.49. The quantitative estimate of drug-likeness (QED) is 0.660. The van der Waals surface area contributed by atoms with E-state index >= 15 is 0 Å². The van der Waals surface area contributed by atoms with Crippen LogP contribution in [-0.2, 0) is 14.3 Å². The molecule has 78 valence electrons. The molecule has 1 saturated heterocycles. The van der Waals surface area contributed by atoms with Crippen LogP contribution >= 0.6 is 0 Å². The molecular formula is C10H15NO3. The molecule has 4 heteroatoms. The number of carbonyl (C=O) groups is 2. The Kier molecular flexibility index (Phi) is 2.70. The molecular weight excluding hydrogens is 182 g/mol. The van der Waals surface area contributed by atoms with Gasteiger partial charge in [-0.1, -0.05) is 12.8 Å². The van der Waals surface area contributed by atoms with Crippen molar-refractivity contribution in [3.63, 3.8) is 0 Å². The maximum absolute atomic E-state index is 11.6. The van der Waals surface area contributed by atoms with E-state index in [2.05, 4.69) is 5.32 Å². The lowest BCUT2D eigenvalue weighted by molar-refractivity contribution is -0.141. The van der Waals surface area contributed by atoms with Gasteiger partial charge >= 0.3 is 5.97 Å². The lowest BCUT2D eigenvalue weighted by Gasteiger charge is -2.12. The van der Waals surface area contributed by atoms with Crippen molar-refractivity contribution in [2.45, 2.75) is 38.1 Å². The molecule has 2 fully saturated rings. The zero-order valence-corrected chi connectivity index (χ0v) is 8.12. The lowest BCUT2D eigenvalue weighted by Crippen LogP contribution is -2.40. The molecule has 0 aromatic rings. The summed E-state index contributed by atoms with van der Waals surface area (Å²) < 4.78 is 4.78. The van der Waals surface area contributed by atoms with Crippen LogP contribution < -0.4 is 5.32 Å². The van der Waals surface area contributed by atoms with Crippen molar-refractivity contribution in [1.82, 2.24) is 5.32 Å². The van der Waals surface area contributed by atoms with Crippen molar-refractivity contribution >= 4 is 11.9 Å². The summed E-state index contributed by atoms with van der Waals surface area (Å²) >= 11 is 0. The fraction of sp³-hybridized carbons (Fsp3) is 0.800. The van der Waals surface area contributed by atoms with Gasteiger partial charge in [0.1, 0.15) is 6.04 Å². The van der Waals surface area contributed by atoms with Crippen molar-refractivity contribution in [2.24, 2.45) is 5.92 Å². The summed E-state index contributed by atoms with van der Waals surface area (Å²) in [6.07, 6.45) is 4.82. The van der Waals surface area contributed by atoms with Gasteiger partial charge in [0.15, 0.2) is 0 Å². The first-order valence-corrected chi connectivity index (χ1v) is 5.24. The Balaban J connectivity index is 1.84. The Morgan fingerprint density at radius 1 is 1.29 bits per heavy atom. The number of cyclic esters (lactones) is 1. The number of hydrogen-bond acceptors (Lipinski definition) is 3. The Morgan fingerprint density at radius 3 is 2.57 bits per heavy atom. The van der Waals surface area contributed by atoms with E-state index < -0.39 is 0 Å². The summed E-state index contributed by atoms with van der Waals surface area (Å²) in [7, 11) is 0. The zero-order chi connectivity index (χ0) is 9.97. The minimum atomic E-state index is -0.386. The highest BCUT2D eigenvalue weighted by Crippen LogP contribution is 2.25. The van der Waals surface area contributed by atoms with Gasteiger partial charge in [-0.05, 0) is 12.8 Å². The molecule has 0 radical (unpaired) electrons. The minimum Gasteiger partial charge on any atom is -0.464 e. The zero-order valence-electron chi connectivity index (χ0n) is 8.12. The molecule has 0 aromatic carbocycles. The van der Waals surface area contributed by atoms with Gasteiger partial charge < -0.3 is 10.1 Å². The molecule has 4 nitrogen and oxygen atoms in total. The number of ether oxygens (including phenoxy) is 1. The largest absolute Gasteiger partial charge is 0.464 e. The number of hydrogen-bond donors (Lipinski definition) is 1. The van der Waals surface area contributed by atoms with Crippen LogP contribution in [0, 0.1) is 5.92 Å². The predicted octanol–water partition coefficient (Wildman–Crippen LogP) is 0.608. The third kappa shape index (κ3) is 1.89. The third-order valence-corrected chi connectivity index (χ3v) is 2.98. The van der Waals surface area contributed by atoms with Crippen LogP contribution in [0.15, 0.2) is 0 Å². The van der Waals surface area contributed by atoms with E-state index in [9.17, 15) is 9.59 Å². The molecule has 1 N–H and O–H groups in total. The standard InChI is InChI=1S/C10H15NO3/c12-9(7-3-1-2-4-7)11-8-5-6-14-10(8)13/h7-8H,1-6H2,(H,11,12). The summed E-state index contributed by atoms with van der Waals surface area (Å²) in [5, 5.41) is 2.76. The second kappa shape index (κ2) is 3.98. The summed E-state index contributed by atoms with van der Waals surface area (Å²) in [6.45, 7) is 0.439. The number of esters is 1. The SMILES string of the molecule is O=C(NC1CCOC1=O)C1CCCC1. The molecule has 0 aromatic heterocycles. The third-order valence-electron chi connectivity index (χ3n) is 2.98. The Bertz CT molecular complexity index is 246. The smallest absolute Gasteiger partial charge is 0.328 e. The Morgan fingerprint density at radius 2 is 2.00 bits per heavy atom. The molecule has 2 aliphatic rings. The number of carbonyl (C=O) groups excluding carboxylic acids is 2. The van der Waals surface area contributed by atoms with Crippen LogP contribution in [0.2, 0.25) is 0 Å². The van der Waals surface area contributed by atoms with Crippen LogP contribution in [0.4, 0.5) is 0 Å². The molecule has 1 heterocycles. The van der Waals surface area contributed by atoms with Gasteiger partial charge in [0.2, 0.25) is 5.91 Å². The Hall–Kier alpha value is -1.06. The van der Waals surface area contributed by atoms with Gasteiger partial charge in [-0.25, -0.2) is 4.79 Å². The van der Waals surface area contributed by atoms with E-state index in [1.807, 2.05) is 0 Å². The van der Waals surface area contributed by atoms with Gasteiger partial charge in [-0.3, -0.25) is 4.79 Å². The summed E-state index contributed by atoms with van der Waals surface area (Å²) in [6, 6.07) is -0.386. The monoisotopic (exact) mass is 197 g/mol. The van der Waals surface area contributed by atoms with E-state index in [1.165, 1.54) is 0 Å². The summed E-state index contributed by atoms with van der Waals surface area (Å²) in [5.41, 5.74) is 0. The molecule has 2 rings (SSSR count). The second-order valence-corrected chi connectivity index (χ2v) is 4.00. The lowest BCUT2D eigenvalue weighted by atomic mass is 10.1. The van der Waals surface area contributed by atoms with Crippen LogP contribution in [0.25, 0.3) is 0 Å². The first-order valence-electron chi connectivity index (χ1n) is 5.24. The topological polar surface area (TPSA) is 55.4 Å². The highest BCUT2D eigenvalue weighted by molar-refractivity contribution is 5.86. The molecule has 0 spiro atoms. The number of rotatable bonds is 2. The van der Waals surface area contributed by atoms with Gasteiger partial charge in [0, 0.05) is 12.3 Å². The number of nitrogens with one attached hydrogen (secondary N) is 1. The predicted molar refractivity (Wildman–Crippen MR) is 49.5 cm³/mol. The molecule has 14 heavy (non-hydrogen) atoms. The van der Waals surface area contributed by atoms with Crippen LogP contribution in [0.3, 0.4) is 0 Å². The molecule has 1 atom stereocenters. The minimum absolute atomic E-state index is 0.0337. The molecule has 1 unspecified atom stereocenters. The van der Waals surface area contributed by atoms with Crippen molar-refractivity contribution in [3.8, 4) is 0 Å². The normalized spacial score (nSPS) is 27.7. The molecule has 1 aliphatic heterocycles. The Labute approximate surface area is 83.0 Å². The van der Waals surface area contributed by atoms with Crippen LogP contribution in [0.5, 0.6) is 0 Å². The fourth-order valence-corrected chi connectivity index (χ4v) is 2.10. The molecule has 1 aliphatic carbocycles. The average molecular weight is 197 g/mol. The van der Waals surface area contributed by atoms with Gasteiger partial charge in [-0.15, -0.1) is 0 Å². The van der Waals surface area contributed by atoms with E-state index in [0.29, 0.717) is 13.0 Å². The first-order chi connectivity index (χ1) is 6.77. The van der Waals surface area contributed by atoms with E-state index in [1.54, 1.807) is 0 Å². The van der Waals surface area contributed by atoms with Gasteiger partial charge in [-0.2, -0.15) is 0 Å². The molecule has 0 bridgehead atoms. The molecule has 1 amide bonds. The van der Waals surface area contributed by atoms with Crippen LogP contribution in [0.1, 0.15) is 32.1 Å². The van der Waals surface area contributed by atoms with Crippen LogP contribution in [-0.4, -0.2) is 24.5 Å². The van der Waals surface area contributed by atoms with Gasteiger partial charge in [0.05, 0.1) is 6.61 Å². The molecule has 1 saturated carbocycles. The highest BCUT2D eigenvalue weighted by Gasteiger charge is 2.31. The van der Waals surface area contributed by atoms with E-state index in [0.717, 1.165) is 25.7 Å². The van der Waals surface area contributed by atoms with E-state index in [-0.39, 0.29) is 23.8 Å². The second-order valence-electron chi connectivity index (χ2n) is 4.00. The number of amides is 1.